The molecule has 2 aromatic rings. The highest BCUT2D eigenvalue weighted by Crippen LogP contribution is 2.22. The molecular weight excluding hydrogens is 302 g/mol. The summed E-state index contributed by atoms with van der Waals surface area (Å²) in [6.45, 7) is 6.65. The van der Waals surface area contributed by atoms with Crippen molar-refractivity contribution in [1.82, 2.24) is 0 Å². The molecule has 0 aliphatic heterocycles. The van der Waals surface area contributed by atoms with E-state index in [1.165, 1.54) is 0 Å². The van der Waals surface area contributed by atoms with Gasteiger partial charge >= 0.3 is 0 Å². The van der Waals surface area contributed by atoms with Crippen molar-refractivity contribution in [1.29, 1.82) is 0 Å². The Hall–Kier alpha value is -2.49. The van der Waals surface area contributed by atoms with Crippen LogP contribution >= 0.6 is 0 Å². The van der Waals surface area contributed by atoms with Crippen LogP contribution in [-0.2, 0) is 0 Å². The maximum absolute atomic E-state index is 12.6. The maximum atomic E-state index is 12.6. The minimum absolute atomic E-state index is 0.0867. The van der Waals surface area contributed by atoms with Gasteiger partial charge in [-0.3, -0.25) is 4.79 Å². The van der Waals surface area contributed by atoms with Crippen LogP contribution in [0.3, 0.4) is 0 Å². The van der Waals surface area contributed by atoms with E-state index in [-0.39, 0.29) is 12.0 Å². The summed E-state index contributed by atoms with van der Waals surface area (Å²) in [4.78, 5) is 12.6. The van der Waals surface area contributed by atoms with Gasteiger partial charge in [-0.25, -0.2) is 0 Å². The molecule has 128 valence electrons. The van der Waals surface area contributed by atoms with E-state index in [9.17, 15) is 4.79 Å². The Labute approximate surface area is 143 Å². The van der Waals surface area contributed by atoms with E-state index in [4.69, 9.17) is 9.47 Å². The Morgan fingerprint density at radius 1 is 1.12 bits per heavy atom. The number of carbonyl (C=O) groups excluding carboxylic acids is 1. The molecular formula is C20H25NO3. The average molecular weight is 327 g/mol. The topological polar surface area (TPSA) is 47.6 Å². The number of amides is 1. The monoisotopic (exact) mass is 327 g/mol. The van der Waals surface area contributed by atoms with Crippen molar-refractivity contribution in [3.8, 4) is 11.5 Å². The zero-order chi connectivity index (χ0) is 17.4. The van der Waals surface area contributed by atoms with Gasteiger partial charge in [-0.15, -0.1) is 0 Å². The van der Waals surface area contributed by atoms with Crippen LogP contribution in [0.15, 0.2) is 48.5 Å². The summed E-state index contributed by atoms with van der Waals surface area (Å²) < 4.78 is 11.4. The molecule has 0 bridgehead atoms. The molecule has 0 saturated heterocycles. The second-order valence-corrected chi connectivity index (χ2v) is 5.85. The Morgan fingerprint density at radius 2 is 1.92 bits per heavy atom. The quantitative estimate of drug-likeness (QED) is 0.701. The summed E-state index contributed by atoms with van der Waals surface area (Å²) in [6, 6.07) is 14.7. The molecule has 0 aliphatic rings. The number of hydrogen-bond acceptors (Lipinski definition) is 3. The molecule has 0 spiro atoms. The number of hydrogen-bond donors (Lipinski definition) is 1. The van der Waals surface area contributed by atoms with Crippen LogP contribution in [0.5, 0.6) is 11.5 Å². The molecule has 0 saturated carbocycles. The molecule has 2 rings (SSSR count). The Morgan fingerprint density at radius 3 is 2.67 bits per heavy atom. The van der Waals surface area contributed by atoms with Crippen molar-refractivity contribution in [3.05, 3.63) is 54.1 Å². The van der Waals surface area contributed by atoms with Crippen molar-refractivity contribution in [3.63, 3.8) is 0 Å². The second-order valence-electron chi connectivity index (χ2n) is 5.85. The SMILES string of the molecule is CCCCOc1ccccc1C(=O)Nc1cccc(OC(C)C)c1. The van der Waals surface area contributed by atoms with Crippen LogP contribution < -0.4 is 14.8 Å². The lowest BCUT2D eigenvalue weighted by Crippen LogP contribution is -2.14. The van der Waals surface area contributed by atoms with Crippen molar-refractivity contribution in [2.45, 2.75) is 39.7 Å². The third-order valence-electron chi connectivity index (χ3n) is 3.35. The van der Waals surface area contributed by atoms with Crippen molar-refractivity contribution < 1.29 is 14.3 Å². The molecule has 0 heterocycles. The molecule has 0 atom stereocenters. The normalized spacial score (nSPS) is 10.5. The molecule has 0 aliphatic carbocycles. The summed E-state index contributed by atoms with van der Waals surface area (Å²) in [5.41, 5.74) is 1.23. The predicted octanol–water partition coefficient (Wildman–Crippen LogP) is 4.91. The van der Waals surface area contributed by atoms with E-state index in [0.29, 0.717) is 23.6 Å². The fourth-order valence-corrected chi connectivity index (χ4v) is 2.22. The molecule has 0 unspecified atom stereocenters. The fraction of sp³-hybridized carbons (Fsp3) is 0.350. The molecule has 4 heteroatoms. The minimum Gasteiger partial charge on any atom is -0.493 e. The van der Waals surface area contributed by atoms with Gasteiger partial charge in [0.05, 0.1) is 18.3 Å². The van der Waals surface area contributed by atoms with E-state index in [2.05, 4.69) is 12.2 Å². The van der Waals surface area contributed by atoms with Gasteiger partial charge in [-0.2, -0.15) is 0 Å². The molecule has 2 aromatic carbocycles. The lowest BCUT2D eigenvalue weighted by molar-refractivity contribution is 0.102. The van der Waals surface area contributed by atoms with E-state index < -0.39 is 0 Å². The Kier molecular flexibility index (Phi) is 6.67. The van der Waals surface area contributed by atoms with Crippen LogP contribution in [0.2, 0.25) is 0 Å². The van der Waals surface area contributed by atoms with Crippen LogP contribution in [-0.4, -0.2) is 18.6 Å². The van der Waals surface area contributed by atoms with Crippen molar-refractivity contribution in [2.75, 3.05) is 11.9 Å². The molecule has 1 amide bonds. The average Bonchev–Trinajstić information content (AvgIpc) is 2.55. The zero-order valence-corrected chi connectivity index (χ0v) is 14.5. The van der Waals surface area contributed by atoms with Gasteiger partial charge in [0.25, 0.3) is 5.91 Å². The highest BCUT2D eigenvalue weighted by molar-refractivity contribution is 6.06. The van der Waals surface area contributed by atoms with Gasteiger partial charge in [-0.05, 0) is 44.5 Å². The highest BCUT2D eigenvalue weighted by atomic mass is 16.5. The lowest BCUT2D eigenvalue weighted by Gasteiger charge is -2.13. The highest BCUT2D eigenvalue weighted by Gasteiger charge is 2.12. The smallest absolute Gasteiger partial charge is 0.259 e. The van der Waals surface area contributed by atoms with Gasteiger partial charge in [0.1, 0.15) is 11.5 Å². The van der Waals surface area contributed by atoms with Gasteiger partial charge < -0.3 is 14.8 Å². The lowest BCUT2D eigenvalue weighted by atomic mass is 10.1. The molecule has 0 radical (unpaired) electrons. The van der Waals surface area contributed by atoms with Gasteiger partial charge in [0.15, 0.2) is 0 Å². The standard InChI is InChI=1S/C20H25NO3/c1-4-5-13-23-19-12-7-6-11-18(19)20(22)21-16-9-8-10-17(14-16)24-15(2)3/h6-12,14-15H,4-5,13H2,1-3H3,(H,21,22). The first-order valence-electron chi connectivity index (χ1n) is 8.40. The summed E-state index contributed by atoms with van der Waals surface area (Å²) in [6.07, 6.45) is 2.10. The minimum atomic E-state index is -0.191. The van der Waals surface area contributed by atoms with Crippen molar-refractivity contribution >= 4 is 11.6 Å². The summed E-state index contributed by atoms with van der Waals surface area (Å²) >= 11 is 0. The van der Waals surface area contributed by atoms with E-state index >= 15 is 0 Å². The van der Waals surface area contributed by atoms with Gasteiger partial charge in [0, 0.05) is 11.8 Å². The number of ether oxygens (including phenoxy) is 2. The summed E-state index contributed by atoms with van der Waals surface area (Å²) in [7, 11) is 0. The third kappa shape index (κ3) is 5.30. The van der Waals surface area contributed by atoms with E-state index in [1.807, 2.05) is 56.3 Å². The number of unbranched alkanes of at least 4 members (excludes halogenated alkanes) is 1. The van der Waals surface area contributed by atoms with Gasteiger partial charge in [0.2, 0.25) is 0 Å². The number of anilines is 1. The number of rotatable bonds is 8. The number of carbonyl (C=O) groups is 1. The Bertz CT molecular complexity index is 667. The van der Waals surface area contributed by atoms with E-state index in [0.717, 1.165) is 18.6 Å². The third-order valence-corrected chi connectivity index (χ3v) is 3.35. The first kappa shape index (κ1) is 17.9. The molecule has 1 N–H and O–H groups in total. The largest absolute Gasteiger partial charge is 0.493 e. The van der Waals surface area contributed by atoms with Gasteiger partial charge in [-0.1, -0.05) is 31.5 Å². The van der Waals surface area contributed by atoms with Crippen molar-refractivity contribution in [2.24, 2.45) is 0 Å². The summed E-state index contributed by atoms with van der Waals surface area (Å²) in [5, 5.41) is 2.90. The molecule has 0 fully saturated rings. The Balaban J connectivity index is 2.09. The molecule has 0 aromatic heterocycles. The van der Waals surface area contributed by atoms with E-state index in [1.54, 1.807) is 6.07 Å². The predicted molar refractivity (Wildman–Crippen MR) is 97.0 cm³/mol. The fourth-order valence-electron chi connectivity index (χ4n) is 2.22. The second kappa shape index (κ2) is 8.96. The summed E-state index contributed by atoms with van der Waals surface area (Å²) in [5.74, 6) is 1.15. The van der Waals surface area contributed by atoms with Crippen LogP contribution in [0.4, 0.5) is 5.69 Å². The van der Waals surface area contributed by atoms with Crippen LogP contribution in [0.1, 0.15) is 44.0 Å². The number of nitrogens with one attached hydrogen (secondary N) is 1. The number of para-hydroxylation sites is 1. The molecule has 24 heavy (non-hydrogen) atoms. The number of benzene rings is 2. The zero-order valence-electron chi connectivity index (χ0n) is 14.5. The maximum Gasteiger partial charge on any atom is 0.259 e. The first-order chi connectivity index (χ1) is 11.6. The molecule has 4 nitrogen and oxygen atoms in total. The van der Waals surface area contributed by atoms with Crippen LogP contribution in [0, 0.1) is 0 Å². The van der Waals surface area contributed by atoms with Crippen LogP contribution in [0.25, 0.3) is 0 Å². The first-order valence-corrected chi connectivity index (χ1v) is 8.40.